The van der Waals surface area contributed by atoms with Crippen molar-refractivity contribution in [1.29, 1.82) is 0 Å². The van der Waals surface area contributed by atoms with Crippen LogP contribution in [0.5, 0.6) is 5.75 Å². The topological polar surface area (TPSA) is 79.0 Å². The maximum absolute atomic E-state index is 13.4. The maximum atomic E-state index is 13.4. The number of carbonyl (C=O) groups is 3. The van der Waals surface area contributed by atoms with Gasteiger partial charge in [0.15, 0.2) is 5.54 Å². The number of nitrogens with one attached hydrogen (secondary N) is 1. The van der Waals surface area contributed by atoms with Gasteiger partial charge in [-0.2, -0.15) is 0 Å². The van der Waals surface area contributed by atoms with Crippen LogP contribution in [0.3, 0.4) is 0 Å². The molecule has 4 amide bonds. The number of ether oxygens (including phenoxy) is 1. The molecule has 30 heavy (non-hydrogen) atoms. The van der Waals surface area contributed by atoms with Crippen LogP contribution in [0, 0.1) is 10.8 Å². The molecular formula is C23H29N3O4. The first-order chi connectivity index (χ1) is 14.1. The summed E-state index contributed by atoms with van der Waals surface area (Å²) >= 11 is 0. The van der Waals surface area contributed by atoms with Gasteiger partial charge in [0.05, 0.1) is 6.61 Å². The van der Waals surface area contributed by atoms with Gasteiger partial charge in [-0.15, -0.1) is 0 Å². The predicted octanol–water partition coefficient (Wildman–Crippen LogP) is 2.64. The second-order valence-electron chi connectivity index (χ2n) is 10.6. The summed E-state index contributed by atoms with van der Waals surface area (Å²) in [6, 6.07) is 6.97. The van der Waals surface area contributed by atoms with Crippen molar-refractivity contribution in [2.45, 2.75) is 58.0 Å². The highest BCUT2D eigenvalue weighted by atomic mass is 16.5. The molecule has 1 N–H and O–H groups in total. The molecule has 1 saturated carbocycles. The van der Waals surface area contributed by atoms with Gasteiger partial charge in [0, 0.05) is 24.6 Å². The Kier molecular flexibility index (Phi) is 4.02. The standard InChI is InChI=1S/C23H29N3O4/c1-21(2)10-15-11-22(3,13-21)14-26(15)18(27)12-25-19(28)23(24-20(25)29)8-9-30-17-7-5-4-6-16(17)23/h4-7,15H,8-14H2,1-3H3,(H,24,29)/t15-,22-,23+/m0/s1. The summed E-state index contributed by atoms with van der Waals surface area (Å²) in [5, 5.41) is 2.87. The number of nitrogens with zero attached hydrogens (tertiary/aromatic N) is 2. The lowest BCUT2D eigenvalue weighted by atomic mass is 9.65. The Hall–Kier alpha value is -2.57. The van der Waals surface area contributed by atoms with E-state index in [1.807, 2.05) is 23.1 Å². The molecule has 4 aliphatic rings. The van der Waals surface area contributed by atoms with Crippen molar-refractivity contribution in [2.75, 3.05) is 19.7 Å². The number of likely N-dealkylation sites (tertiary alicyclic amines) is 1. The molecule has 1 aliphatic carbocycles. The fraction of sp³-hybridized carbons (Fsp3) is 0.609. The third-order valence-electron chi connectivity index (χ3n) is 7.29. The molecule has 3 heterocycles. The number of fused-ring (bicyclic) bond motifs is 4. The third kappa shape index (κ3) is 2.81. The number of carbonyl (C=O) groups excluding carboxylic acids is 3. The largest absolute Gasteiger partial charge is 0.493 e. The molecule has 3 aliphatic heterocycles. The zero-order chi connectivity index (χ0) is 21.3. The van der Waals surface area contributed by atoms with Crippen molar-refractivity contribution in [2.24, 2.45) is 10.8 Å². The van der Waals surface area contributed by atoms with E-state index < -0.39 is 11.6 Å². The number of hydrogen-bond donors (Lipinski definition) is 1. The molecule has 1 aromatic carbocycles. The van der Waals surface area contributed by atoms with Gasteiger partial charge in [-0.05, 0) is 36.2 Å². The van der Waals surface area contributed by atoms with E-state index in [2.05, 4.69) is 26.1 Å². The minimum Gasteiger partial charge on any atom is -0.493 e. The Bertz CT molecular complexity index is 944. The minimum atomic E-state index is -1.14. The first kappa shape index (κ1) is 19.4. The summed E-state index contributed by atoms with van der Waals surface area (Å²) in [5.41, 5.74) is -0.166. The average molecular weight is 412 g/mol. The van der Waals surface area contributed by atoms with Crippen LogP contribution in [0.1, 0.15) is 52.0 Å². The Morgan fingerprint density at radius 3 is 2.77 bits per heavy atom. The summed E-state index contributed by atoms with van der Waals surface area (Å²) in [7, 11) is 0. The molecule has 160 valence electrons. The number of urea groups is 1. The Morgan fingerprint density at radius 1 is 1.20 bits per heavy atom. The van der Waals surface area contributed by atoms with Gasteiger partial charge >= 0.3 is 6.03 Å². The van der Waals surface area contributed by atoms with E-state index >= 15 is 0 Å². The van der Waals surface area contributed by atoms with Crippen LogP contribution in [0.4, 0.5) is 4.79 Å². The van der Waals surface area contributed by atoms with Crippen molar-refractivity contribution >= 4 is 17.8 Å². The number of benzene rings is 1. The van der Waals surface area contributed by atoms with Crippen molar-refractivity contribution in [3.8, 4) is 5.75 Å². The van der Waals surface area contributed by atoms with Crippen molar-refractivity contribution in [3.05, 3.63) is 29.8 Å². The van der Waals surface area contributed by atoms with Crippen LogP contribution in [0.25, 0.3) is 0 Å². The summed E-state index contributed by atoms with van der Waals surface area (Å²) in [4.78, 5) is 42.5. The molecule has 0 unspecified atom stereocenters. The molecule has 3 atom stereocenters. The van der Waals surface area contributed by atoms with Gasteiger partial charge < -0.3 is 15.0 Å². The summed E-state index contributed by atoms with van der Waals surface area (Å²) in [6.07, 6.45) is 3.40. The van der Waals surface area contributed by atoms with E-state index in [9.17, 15) is 14.4 Å². The average Bonchev–Trinajstić information content (AvgIpc) is 3.06. The lowest BCUT2D eigenvalue weighted by Gasteiger charge is -2.39. The lowest BCUT2D eigenvalue weighted by molar-refractivity contribution is -0.140. The highest BCUT2D eigenvalue weighted by Gasteiger charge is 2.56. The zero-order valence-electron chi connectivity index (χ0n) is 17.9. The molecule has 7 heteroatoms. The van der Waals surface area contributed by atoms with E-state index in [0.29, 0.717) is 30.9 Å². The molecule has 3 fully saturated rings. The van der Waals surface area contributed by atoms with Gasteiger partial charge in [-0.25, -0.2) is 4.79 Å². The molecule has 2 bridgehead atoms. The smallest absolute Gasteiger partial charge is 0.325 e. The SMILES string of the molecule is CC1(C)C[C@H]2C[C@](C)(CN2C(=O)CN2C(=O)N[C@@]3(CCOc4ccccc43)C2=O)C1. The highest BCUT2D eigenvalue weighted by Crippen LogP contribution is 2.52. The lowest BCUT2D eigenvalue weighted by Crippen LogP contribution is -2.48. The van der Waals surface area contributed by atoms with Crippen molar-refractivity contribution in [3.63, 3.8) is 0 Å². The third-order valence-corrected chi connectivity index (χ3v) is 7.29. The van der Waals surface area contributed by atoms with Crippen LogP contribution in [0.2, 0.25) is 0 Å². The zero-order valence-corrected chi connectivity index (χ0v) is 17.9. The molecule has 5 rings (SSSR count). The van der Waals surface area contributed by atoms with Crippen molar-refractivity contribution < 1.29 is 19.1 Å². The Balaban J connectivity index is 1.38. The first-order valence-corrected chi connectivity index (χ1v) is 10.8. The number of imide groups is 1. The Morgan fingerprint density at radius 2 is 1.97 bits per heavy atom. The second kappa shape index (κ2) is 6.22. The van der Waals surface area contributed by atoms with E-state index in [-0.39, 0.29) is 35.2 Å². The van der Waals surface area contributed by atoms with E-state index in [1.165, 1.54) is 0 Å². The predicted molar refractivity (Wildman–Crippen MR) is 110 cm³/mol. The minimum absolute atomic E-state index is 0.111. The van der Waals surface area contributed by atoms with Crippen molar-refractivity contribution in [1.82, 2.24) is 15.1 Å². The van der Waals surface area contributed by atoms with E-state index in [0.717, 1.165) is 24.2 Å². The van der Waals surface area contributed by atoms with Gasteiger partial charge in [0.2, 0.25) is 5.91 Å². The molecule has 1 spiro atoms. The number of amides is 4. The normalized spacial score (nSPS) is 34.0. The molecule has 0 radical (unpaired) electrons. The molecule has 1 aromatic rings. The quantitative estimate of drug-likeness (QED) is 0.759. The highest BCUT2D eigenvalue weighted by molar-refractivity contribution is 6.09. The van der Waals surface area contributed by atoms with Crippen LogP contribution in [-0.2, 0) is 15.1 Å². The second-order valence-corrected chi connectivity index (χ2v) is 10.6. The van der Waals surface area contributed by atoms with Crippen LogP contribution >= 0.6 is 0 Å². The summed E-state index contributed by atoms with van der Waals surface area (Å²) < 4.78 is 5.67. The maximum Gasteiger partial charge on any atom is 0.325 e. The number of hydrogen-bond acceptors (Lipinski definition) is 4. The number of rotatable bonds is 2. The van der Waals surface area contributed by atoms with Gasteiger partial charge in [0.1, 0.15) is 12.3 Å². The fourth-order valence-electron chi connectivity index (χ4n) is 6.49. The van der Waals surface area contributed by atoms with E-state index in [1.54, 1.807) is 6.07 Å². The monoisotopic (exact) mass is 411 g/mol. The van der Waals surface area contributed by atoms with Gasteiger partial charge in [0.25, 0.3) is 5.91 Å². The summed E-state index contributed by atoms with van der Waals surface area (Å²) in [6.45, 7) is 7.60. The van der Waals surface area contributed by atoms with Gasteiger partial charge in [-0.1, -0.05) is 39.0 Å². The summed E-state index contributed by atoms with van der Waals surface area (Å²) in [5.74, 6) is 0.113. The fourth-order valence-corrected chi connectivity index (χ4v) is 6.49. The van der Waals surface area contributed by atoms with Gasteiger partial charge in [-0.3, -0.25) is 14.5 Å². The molecule has 0 aromatic heterocycles. The first-order valence-electron chi connectivity index (χ1n) is 10.8. The van der Waals surface area contributed by atoms with Crippen LogP contribution < -0.4 is 10.1 Å². The van der Waals surface area contributed by atoms with Crippen LogP contribution in [0.15, 0.2) is 24.3 Å². The Labute approximate surface area is 176 Å². The number of para-hydroxylation sites is 1. The van der Waals surface area contributed by atoms with E-state index in [4.69, 9.17) is 4.74 Å². The molecular weight excluding hydrogens is 382 g/mol. The van der Waals surface area contributed by atoms with Crippen LogP contribution in [-0.4, -0.2) is 53.4 Å². The molecule has 7 nitrogen and oxygen atoms in total. The molecule has 2 saturated heterocycles.